The highest BCUT2D eigenvalue weighted by molar-refractivity contribution is 7.89. The summed E-state index contributed by atoms with van der Waals surface area (Å²) in [4.78, 5) is 10.8. The number of nitrogens with one attached hydrogen (secondary N) is 1. The molecule has 0 atom stereocenters. The Bertz CT molecular complexity index is 671. The van der Waals surface area contributed by atoms with Gasteiger partial charge in [-0.25, -0.2) is 8.42 Å². The quantitative estimate of drug-likeness (QED) is 0.888. The molecule has 0 bridgehead atoms. The maximum absolute atomic E-state index is 12.8. The summed E-state index contributed by atoms with van der Waals surface area (Å²) >= 11 is 0. The Labute approximate surface area is 119 Å². The van der Waals surface area contributed by atoms with Crippen molar-refractivity contribution in [3.63, 3.8) is 0 Å². The Balaban J connectivity index is 2.43. The number of halogens is 3. The van der Waals surface area contributed by atoms with Gasteiger partial charge in [-0.15, -0.1) is 0 Å². The molecule has 5 nitrogen and oxygen atoms in total. The van der Waals surface area contributed by atoms with Crippen LogP contribution in [0, 0.1) is 6.92 Å². The molecule has 0 radical (unpaired) electrons. The van der Waals surface area contributed by atoms with Gasteiger partial charge in [0.25, 0.3) is 0 Å². The molecule has 0 spiro atoms. The number of benzene rings is 1. The van der Waals surface area contributed by atoms with Crippen LogP contribution in [0.2, 0.25) is 0 Å². The number of aryl methyl sites for hydroxylation is 1. The monoisotopic (exact) mass is 322 g/mol. The molecule has 21 heavy (non-hydrogen) atoms. The van der Waals surface area contributed by atoms with E-state index in [0.29, 0.717) is 6.07 Å². The van der Waals surface area contributed by atoms with Crippen molar-refractivity contribution in [3.05, 3.63) is 29.3 Å². The minimum absolute atomic E-state index is 0.0311. The van der Waals surface area contributed by atoms with Gasteiger partial charge >= 0.3 is 6.18 Å². The lowest BCUT2D eigenvalue weighted by molar-refractivity contribution is -0.138. The zero-order chi connectivity index (χ0) is 15.8. The van der Waals surface area contributed by atoms with Gasteiger partial charge in [0, 0.05) is 13.1 Å². The number of rotatable bonds is 2. The molecule has 1 heterocycles. The Kier molecular flexibility index (Phi) is 3.98. The van der Waals surface area contributed by atoms with Crippen molar-refractivity contribution in [1.29, 1.82) is 0 Å². The SMILES string of the molecule is Cc1ccc(S(=O)(=O)N2CCNC(=O)C2)cc1C(F)(F)F. The highest BCUT2D eigenvalue weighted by atomic mass is 32.2. The van der Waals surface area contributed by atoms with E-state index in [0.717, 1.165) is 16.4 Å². The van der Waals surface area contributed by atoms with Crippen molar-refractivity contribution in [2.24, 2.45) is 0 Å². The minimum Gasteiger partial charge on any atom is -0.354 e. The Morgan fingerprint density at radius 3 is 2.52 bits per heavy atom. The van der Waals surface area contributed by atoms with Crippen LogP contribution in [0.25, 0.3) is 0 Å². The average molecular weight is 322 g/mol. The zero-order valence-electron chi connectivity index (χ0n) is 11.1. The van der Waals surface area contributed by atoms with E-state index in [9.17, 15) is 26.4 Å². The number of carbonyl (C=O) groups is 1. The lowest BCUT2D eigenvalue weighted by Gasteiger charge is -2.26. The summed E-state index contributed by atoms with van der Waals surface area (Å²) in [6, 6.07) is 2.84. The highest BCUT2D eigenvalue weighted by Gasteiger charge is 2.35. The number of piperazine rings is 1. The number of nitrogens with zero attached hydrogens (tertiary/aromatic N) is 1. The molecule has 1 saturated heterocycles. The van der Waals surface area contributed by atoms with Crippen molar-refractivity contribution in [3.8, 4) is 0 Å². The van der Waals surface area contributed by atoms with Crippen molar-refractivity contribution in [1.82, 2.24) is 9.62 Å². The second-order valence-corrected chi connectivity index (χ2v) is 6.60. The van der Waals surface area contributed by atoms with Crippen LogP contribution < -0.4 is 5.32 Å². The van der Waals surface area contributed by atoms with E-state index in [1.807, 2.05) is 0 Å². The number of sulfonamides is 1. The fourth-order valence-electron chi connectivity index (χ4n) is 2.04. The van der Waals surface area contributed by atoms with E-state index in [-0.39, 0.29) is 18.7 Å². The summed E-state index contributed by atoms with van der Waals surface area (Å²) in [5.74, 6) is -0.479. The summed E-state index contributed by atoms with van der Waals surface area (Å²) in [7, 11) is -4.12. The van der Waals surface area contributed by atoms with E-state index in [1.54, 1.807) is 0 Å². The number of amides is 1. The maximum atomic E-state index is 12.8. The third-order valence-corrected chi connectivity index (χ3v) is 5.00. The van der Waals surface area contributed by atoms with Crippen LogP contribution in [0.3, 0.4) is 0 Å². The van der Waals surface area contributed by atoms with Crippen LogP contribution in [0.5, 0.6) is 0 Å². The van der Waals surface area contributed by atoms with Gasteiger partial charge in [0.15, 0.2) is 0 Å². The molecule has 9 heteroatoms. The number of alkyl halides is 3. The van der Waals surface area contributed by atoms with Crippen LogP contribution in [0.1, 0.15) is 11.1 Å². The second-order valence-electron chi connectivity index (χ2n) is 4.66. The summed E-state index contributed by atoms with van der Waals surface area (Å²) in [6.07, 6.45) is -4.63. The summed E-state index contributed by atoms with van der Waals surface area (Å²) < 4.78 is 64.0. The lowest BCUT2D eigenvalue weighted by atomic mass is 10.1. The summed E-state index contributed by atoms with van der Waals surface area (Å²) in [5.41, 5.74) is -1.05. The molecule has 1 amide bonds. The first-order chi connectivity index (χ1) is 9.62. The van der Waals surface area contributed by atoms with Gasteiger partial charge in [-0.1, -0.05) is 6.07 Å². The van der Waals surface area contributed by atoms with Gasteiger partial charge in [-0.2, -0.15) is 17.5 Å². The standard InChI is InChI=1S/C12H13F3N2O3S/c1-8-2-3-9(6-10(8)12(13,14)15)21(19,20)17-5-4-16-11(18)7-17/h2-3,6H,4-5,7H2,1H3,(H,16,18). The molecular formula is C12H13F3N2O3S. The van der Waals surface area contributed by atoms with E-state index in [4.69, 9.17) is 0 Å². The number of hydrogen-bond acceptors (Lipinski definition) is 3. The average Bonchev–Trinajstić information content (AvgIpc) is 2.37. The lowest BCUT2D eigenvalue weighted by Crippen LogP contribution is -2.49. The minimum atomic E-state index is -4.63. The van der Waals surface area contributed by atoms with Crippen LogP contribution in [-0.4, -0.2) is 38.3 Å². The topological polar surface area (TPSA) is 66.5 Å². The molecule has 2 rings (SSSR count). The molecule has 1 fully saturated rings. The van der Waals surface area contributed by atoms with Crippen LogP contribution >= 0.6 is 0 Å². The molecule has 116 valence electrons. The van der Waals surface area contributed by atoms with Gasteiger partial charge in [0.1, 0.15) is 0 Å². The highest BCUT2D eigenvalue weighted by Crippen LogP contribution is 2.33. The van der Waals surface area contributed by atoms with Crippen LogP contribution in [0.15, 0.2) is 23.1 Å². The summed E-state index contributed by atoms with van der Waals surface area (Å²) in [5, 5.41) is 2.46. The predicted molar refractivity (Wildman–Crippen MR) is 67.9 cm³/mol. The molecule has 1 N–H and O–H groups in total. The maximum Gasteiger partial charge on any atom is 0.416 e. The molecule has 0 aromatic heterocycles. The predicted octanol–water partition coefficient (Wildman–Crippen LogP) is 1.13. The van der Waals surface area contributed by atoms with Crippen molar-refractivity contribution in [2.75, 3.05) is 19.6 Å². The van der Waals surface area contributed by atoms with Crippen molar-refractivity contribution < 1.29 is 26.4 Å². The number of hydrogen-bond donors (Lipinski definition) is 1. The van der Waals surface area contributed by atoms with Crippen molar-refractivity contribution >= 4 is 15.9 Å². The Morgan fingerprint density at radius 2 is 1.95 bits per heavy atom. The van der Waals surface area contributed by atoms with Gasteiger partial charge in [0.2, 0.25) is 15.9 Å². The van der Waals surface area contributed by atoms with Gasteiger partial charge in [0.05, 0.1) is 17.0 Å². The van der Waals surface area contributed by atoms with Crippen LogP contribution in [-0.2, 0) is 21.0 Å². The Hall–Kier alpha value is -1.61. The molecule has 1 aromatic carbocycles. The largest absolute Gasteiger partial charge is 0.416 e. The molecule has 1 aliphatic heterocycles. The van der Waals surface area contributed by atoms with Crippen LogP contribution in [0.4, 0.5) is 13.2 Å². The van der Waals surface area contributed by atoms with E-state index < -0.39 is 39.1 Å². The van der Waals surface area contributed by atoms with E-state index in [2.05, 4.69) is 5.32 Å². The van der Waals surface area contributed by atoms with Gasteiger partial charge in [-0.05, 0) is 24.6 Å². The van der Waals surface area contributed by atoms with Gasteiger partial charge < -0.3 is 5.32 Å². The molecule has 0 unspecified atom stereocenters. The van der Waals surface area contributed by atoms with E-state index >= 15 is 0 Å². The molecular weight excluding hydrogens is 309 g/mol. The smallest absolute Gasteiger partial charge is 0.354 e. The third kappa shape index (κ3) is 3.18. The fraction of sp³-hybridized carbons (Fsp3) is 0.417. The number of carbonyl (C=O) groups excluding carboxylic acids is 1. The molecule has 1 aromatic rings. The first-order valence-electron chi connectivity index (χ1n) is 6.07. The van der Waals surface area contributed by atoms with Gasteiger partial charge in [-0.3, -0.25) is 4.79 Å². The van der Waals surface area contributed by atoms with E-state index in [1.165, 1.54) is 6.92 Å². The normalized spacial score (nSPS) is 17.6. The first-order valence-corrected chi connectivity index (χ1v) is 7.51. The zero-order valence-corrected chi connectivity index (χ0v) is 11.9. The second kappa shape index (κ2) is 5.30. The first kappa shape index (κ1) is 15.8. The fourth-order valence-corrected chi connectivity index (χ4v) is 3.46. The Morgan fingerprint density at radius 1 is 1.29 bits per heavy atom. The summed E-state index contributed by atoms with van der Waals surface area (Å²) in [6.45, 7) is 1.03. The molecule has 1 aliphatic rings. The third-order valence-electron chi connectivity index (χ3n) is 3.16. The molecule has 0 aliphatic carbocycles. The van der Waals surface area contributed by atoms with Crippen molar-refractivity contribution in [2.45, 2.75) is 18.0 Å². The molecule has 0 saturated carbocycles.